The summed E-state index contributed by atoms with van der Waals surface area (Å²) in [5.41, 5.74) is 2.51. The lowest BCUT2D eigenvalue weighted by Crippen LogP contribution is -2.31. The van der Waals surface area contributed by atoms with E-state index < -0.39 is 0 Å². The van der Waals surface area contributed by atoms with E-state index in [1.165, 1.54) is 0 Å². The molecule has 2 heterocycles. The quantitative estimate of drug-likeness (QED) is 0.700. The summed E-state index contributed by atoms with van der Waals surface area (Å²) in [6.45, 7) is 2.64. The summed E-state index contributed by atoms with van der Waals surface area (Å²) in [4.78, 5) is 19.4. The van der Waals surface area contributed by atoms with Crippen LogP contribution in [0.1, 0.15) is 40.7 Å². The summed E-state index contributed by atoms with van der Waals surface area (Å²) < 4.78 is 10.8. The molecule has 2 aromatic carbocycles. The van der Waals surface area contributed by atoms with E-state index in [0.717, 1.165) is 35.3 Å². The Morgan fingerprint density at radius 3 is 2.89 bits per heavy atom. The molecule has 3 aromatic rings. The molecule has 0 saturated carbocycles. The molecule has 1 aromatic heterocycles. The van der Waals surface area contributed by atoms with Gasteiger partial charge in [-0.25, -0.2) is 0 Å². The number of hydrogen-bond acceptors (Lipinski definition) is 5. The molecule has 6 nitrogen and oxygen atoms in total. The number of benzene rings is 2. The van der Waals surface area contributed by atoms with E-state index in [9.17, 15) is 4.79 Å². The first kappa shape index (κ1) is 17.3. The predicted octanol–water partition coefficient (Wildman–Crippen LogP) is 4.03. The second-order valence-corrected chi connectivity index (χ2v) is 6.66. The fourth-order valence-corrected chi connectivity index (χ4v) is 3.48. The third kappa shape index (κ3) is 3.30. The van der Waals surface area contributed by atoms with Gasteiger partial charge in [0.05, 0.1) is 7.11 Å². The zero-order chi connectivity index (χ0) is 18.8. The number of carbonyl (C=O) groups excluding carboxylic acids is 1. The van der Waals surface area contributed by atoms with Gasteiger partial charge in [0.2, 0.25) is 11.7 Å². The Morgan fingerprint density at radius 1 is 1.22 bits per heavy atom. The van der Waals surface area contributed by atoms with E-state index in [-0.39, 0.29) is 11.9 Å². The van der Waals surface area contributed by atoms with Crippen molar-refractivity contribution in [1.82, 2.24) is 15.0 Å². The number of nitrogens with zero attached hydrogens (tertiary/aromatic N) is 3. The number of aryl methyl sites for hydroxylation is 1. The topological polar surface area (TPSA) is 68.5 Å². The number of rotatable bonds is 4. The largest absolute Gasteiger partial charge is 0.497 e. The number of amides is 1. The maximum atomic E-state index is 13.0. The van der Waals surface area contributed by atoms with Gasteiger partial charge in [-0.15, -0.1) is 0 Å². The molecule has 138 valence electrons. The Bertz CT molecular complexity index is 967. The number of likely N-dealkylation sites (tertiary alicyclic amines) is 1. The molecule has 6 heteroatoms. The summed E-state index contributed by atoms with van der Waals surface area (Å²) >= 11 is 0. The smallest absolute Gasteiger partial charge is 0.254 e. The average Bonchev–Trinajstić information content (AvgIpc) is 3.37. The minimum absolute atomic E-state index is 0.0109. The summed E-state index contributed by atoms with van der Waals surface area (Å²) in [5.74, 6) is 1.72. The molecule has 0 spiro atoms. The summed E-state index contributed by atoms with van der Waals surface area (Å²) in [6.07, 6.45) is 1.73. The van der Waals surface area contributed by atoms with Gasteiger partial charge in [-0.05, 0) is 43.5 Å². The molecule has 1 aliphatic rings. The normalized spacial score (nSPS) is 16.5. The van der Waals surface area contributed by atoms with Crippen molar-refractivity contribution in [3.05, 3.63) is 65.5 Å². The van der Waals surface area contributed by atoms with Crippen molar-refractivity contribution in [1.29, 1.82) is 0 Å². The monoisotopic (exact) mass is 363 g/mol. The maximum Gasteiger partial charge on any atom is 0.254 e. The fraction of sp³-hybridized carbons (Fsp3) is 0.286. The van der Waals surface area contributed by atoms with Crippen molar-refractivity contribution in [2.24, 2.45) is 0 Å². The molecule has 1 aliphatic heterocycles. The zero-order valence-corrected chi connectivity index (χ0v) is 15.4. The van der Waals surface area contributed by atoms with Gasteiger partial charge in [0, 0.05) is 17.7 Å². The number of hydrogen-bond donors (Lipinski definition) is 0. The first-order valence-electron chi connectivity index (χ1n) is 9.02. The molecule has 0 aliphatic carbocycles. The van der Waals surface area contributed by atoms with Gasteiger partial charge in [0.1, 0.15) is 11.8 Å². The van der Waals surface area contributed by atoms with Crippen LogP contribution in [0.2, 0.25) is 0 Å². The van der Waals surface area contributed by atoms with Gasteiger partial charge >= 0.3 is 0 Å². The predicted molar refractivity (Wildman–Crippen MR) is 100 cm³/mol. The first-order valence-corrected chi connectivity index (χ1v) is 9.02. The van der Waals surface area contributed by atoms with Gasteiger partial charge in [0.25, 0.3) is 5.91 Å². The van der Waals surface area contributed by atoms with E-state index in [1.54, 1.807) is 7.11 Å². The Hall–Kier alpha value is -3.15. The van der Waals surface area contributed by atoms with E-state index >= 15 is 0 Å². The summed E-state index contributed by atoms with van der Waals surface area (Å²) in [6, 6.07) is 15.0. The molecule has 0 N–H and O–H groups in total. The molecule has 27 heavy (non-hydrogen) atoms. The SMILES string of the molecule is COc1cccc(-c2noc(C3CCCN3C(=O)c3ccccc3C)n2)c1. The number of ether oxygens (including phenoxy) is 1. The average molecular weight is 363 g/mol. The van der Waals surface area contributed by atoms with Crippen molar-refractivity contribution in [2.45, 2.75) is 25.8 Å². The molecule has 1 saturated heterocycles. The lowest BCUT2D eigenvalue weighted by atomic mass is 10.1. The lowest BCUT2D eigenvalue weighted by molar-refractivity contribution is 0.0709. The molecule has 4 rings (SSSR count). The van der Waals surface area contributed by atoms with Crippen LogP contribution in [0.4, 0.5) is 0 Å². The molecule has 0 bridgehead atoms. The van der Waals surface area contributed by atoms with Crippen LogP contribution >= 0.6 is 0 Å². The van der Waals surface area contributed by atoms with Crippen molar-refractivity contribution in [3.63, 3.8) is 0 Å². The molecule has 0 radical (unpaired) electrons. The van der Waals surface area contributed by atoms with Crippen LogP contribution in [0, 0.1) is 6.92 Å². The highest BCUT2D eigenvalue weighted by Crippen LogP contribution is 2.34. The summed E-state index contributed by atoms with van der Waals surface area (Å²) in [7, 11) is 1.62. The van der Waals surface area contributed by atoms with Gasteiger partial charge in [-0.2, -0.15) is 4.98 Å². The van der Waals surface area contributed by atoms with Crippen LogP contribution in [-0.2, 0) is 0 Å². The molecule has 1 unspecified atom stereocenters. The molecule has 1 amide bonds. The number of aromatic nitrogens is 2. The second-order valence-electron chi connectivity index (χ2n) is 6.66. The molecular weight excluding hydrogens is 342 g/mol. The van der Waals surface area contributed by atoms with E-state index in [0.29, 0.717) is 18.3 Å². The number of methoxy groups -OCH3 is 1. The van der Waals surface area contributed by atoms with E-state index in [1.807, 2.05) is 60.4 Å². The van der Waals surface area contributed by atoms with Crippen LogP contribution in [0.25, 0.3) is 11.4 Å². The molecule has 1 fully saturated rings. The molecular formula is C21H21N3O3. The minimum atomic E-state index is -0.191. The van der Waals surface area contributed by atoms with Crippen molar-refractivity contribution >= 4 is 5.91 Å². The van der Waals surface area contributed by atoms with Crippen LogP contribution in [-0.4, -0.2) is 34.6 Å². The third-order valence-corrected chi connectivity index (χ3v) is 4.94. The van der Waals surface area contributed by atoms with Crippen molar-refractivity contribution in [3.8, 4) is 17.1 Å². The van der Waals surface area contributed by atoms with Gasteiger partial charge in [-0.3, -0.25) is 4.79 Å². The van der Waals surface area contributed by atoms with E-state index in [2.05, 4.69) is 10.1 Å². The highest BCUT2D eigenvalue weighted by atomic mass is 16.5. The Morgan fingerprint density at radius 2 is 2.07 bits per heavy atom. The lowest BCUT2D eigenvalue weighted by Gasteiger charge is -2.22. The zero-order valence-electron chi connectivity index (χ0n) is 15.4. The fourth-order valence-electron chi connectivity index (χ4n) is 3.48. The first-order chi connectivity index (χ1) is 13.2. The number of carbonyl (C=O) groups is 1. The van der Waals surface area contributed by atoms with Crippen LogP contribution in [0.15, 0.2) is 53.1 Å². The van der Waals surface area contributed by atoms with Gasteiger partial charge in [-0.1, -0.05) is 35.5 Å². The van der Waals surface area contributed by atoms with Crippen LogP contribution in [0.3, 0.4) is 0 Å². The van der Waals surface area contributed by atoms with Crippen LogP contribution in [0.5, 0.6) is 5.75 Å². The van der Waals surface area contributed by atoms with Gasteiger partial charge in [0.15, 0.2) is 0 Å². The van der Waals surface area contributed by atoms with Gasteiger partial charge < -0.3 is 14.2 Å². The second kappa shape index (κ2) is 7.23. The minimum Gasteiger partial charge on any atom is -0.497 e. The van der Waals surface area contributed by atoms with Crippen molar-refractivity contribution < 1.29 is 14.1 Å². The standard InChI is InChI=1S/C21H21N3O3/c1-14-7-3-4-10-17(14)21(25)24-12-6-11-18(24)20-22-19(23-27-20)15-8-5-9-16(13-15)26-2/h3-5,7-10,13,18H,6,11-12H2,1-2H3. The van der Waals surface area contributed by atoms with Crippen LogP contribution < -0.4 is 4.74 Å². The van der Waals surface area contributed by atoms with Crippen molar-refractivity contribution in [2.75, 3.05) is 13.7 Å². The highest BCUT2D eigenvalue weighted by molar-refractivity contribution is 5.96. The Kier molecular flexibility index (Phi) is 4.62. The van der Waals surface area contributed by atoms with E-state index in [4.69, 9.17) is 9.26 Å². The highest BCUT2D eigenvalue weighted by Gasteiger charge is 2.35. The Balaban J connectivity index is 1.60. The summed E-state index contributed by atoms with van der Waals surface area (Å²) in [5, 5.41) is 4.11. The maximum absolute atomic E-state index is 13.0. The third-order valence-electron chi connectivity index (χ3n) is 4.94. The Labute approximate surface area is 157 Å². The molecule has 1 atom stereocenters.